The second kappa shape index (κ2) is 9.11. The van der Waals surface area contributed by atoms with Crippen LogP contribution in [0.4, 0.5) is 10.5 Å². The highest BCUT2D eigenvalue weighted by atomic mass is 16.6. The number of nitro groups is 1. The van der Waals surface area contributed by atoms with Gasteiger partial charge in [-0.2, -0.15) is 0 Å². The number of nitro benzene ring substituents is 1. The molecule has 0 bridgehead atoms. The number of esters is 1. The summed E-state index contributed by atoms with van der Waals surface area (Å²) in [7, 11) is 0. The molecule has 146 valence electrons. The van der Waals surface area contributed by atoms with Crippen LogP contribution in [0.1, 0.15) is 48.5 Å². The molecule has 1 fully saturated rings. The van der Waals surface area contributed by atoms with Gasteiger partial charge in [0.05, 0.1) is 4.92 Å². The molecule has 27 heavy (non-hydrogen) atoms. The van der Waals surface area contributed by atoms with Gasteiger partial charge in [0.2, 0.25) is 0 Å². The third kappa shape index (κ3) is 5.50. The topological polar surface area (TPSA) is 128 Å². The second-order valence-electron chi connectivity index (χ2n) is 6.69. The van der Waals surface area contributed by atoms with Crippen LogP contribution in [0.5, 0.6) is 0 Å². The SMILES string of the molecule is Cc1cccc(C(=O)OCC(=O)NC(=O)N[C@@H]2CCCC[C@@H]2C)c1[N+](=O)[O-]. The van der Waals surface area contributed by atoms with Crippen molar-refractivity contribution in [1.82, 2.24) is 10.6 Å². The van der Waals surface area contributed by atoms with E-state index in [1.54, 1.807) is 0 Å². The summed E-state index contributed by atoms with van der Waals surface area (Å²) in [4.78, 5) is 46.2. The number of urea groups is 1. The molecule has 1 aliphatic rings. The van der Waals surface area contributed by atoms with Crippen LogP contribution in [0.25, 0.3) is 0 Å². The maximum absolute atomic E-state index is 12.1. The minimum Gasteiger partial charge on any atom is -0.452 e. The lowest BCUT2D eigenvalue weighted by molar-refractivity contribution is -0.385. The Morgan fingerprint density at radius 2 is 1.96 bits per heavy atom. The Hall–Kier alpha value is -2.97. The van der Waals surface area contributed by atoms with Gasteiger partial charge in [-0.1, -0.05) is 31.9 Å². The first-order valence-electron chi connectivity index (χ1n) is 8.81. The van der Waals surface area contributed by atoms with Gasteiger partial charge in [-0.25, -0.2) is 9.59 Å². The van der Waals surface area contributed by atoms with E-state index in [4.69, 9.17) is 4.74 Å². The van der Waals surface area contributed by atoms with Gasteiger partial charge in [-0.3, -0.25) is 20.2 Å². The summed E-state index contributed by atoms with van der Waals surface area (Å²) in [5.41, 5.74) is -0.305. The zero-order valence-corrected chi connectivity index (χ0v) is 15.3. The van der Waals surface area contributed by atoms with Crippen molar-refractivity contribution in [3.63, 3.8) is 0 Å². The summed E-state index contributed by atoms with van der Waals surface area (Å²) in [5, 5.41) is 16.0. The summed E-state index contributed by atoms with van der Waals surface area (Å²) in [6.45, 7) is 2.83. The normalized spacial score (nSPS) is 19.0. The monoisotopic (exact) mass is 377 g/mol. The fourth-order valence-corrected chi connectivity index (χ4v) is 3.17. The standard InChI is InChI=1S/C18H23N3O6/c1-11-6-3-4-9-14(11)19-18(24)20-15(22)10-27-17(23)13-8-5-7-12(2)16(13)21(25)26/h5,7-8,11,14H,3-4,6,9-10H2,1-2H3,(H2,19,20,22,24)/t11-,14+/m0/s1. The van der Waals surface area contributed by atoms with Crippen molar-refractivity contribution >= 4 is 23.6 Å². The first-order valence-corrected chi connectivity index (χ1v) is 8.81. The van der Waals surface area contributed by atoms with Crippen LogP contribution in [-0.2, 0) is 9.53 Å². The van der Waals surface area contributed by atoms with Gasteiger partial charge < -0.3 is 10.1 Å². The molecule has 2 atom stereocenters. The van der Waals surface area contributed by atoms with Gasteiger partial charge in [0.15, 0.2) is 6.61 Å². The number of benzene rings is 1. The van der Waals surface area contributed by atoms with Crippen molar-refractivity contribution < 1.29 is 24.0 Å². The van der Waals surface area contributed by atoms with Crippen molar-refractivity contribution in [2.45, 2.75) is 45.6 Å². The quantitative estimate of drug-likeness (QED) is 0.461. The average molecular weight is 377 g/mol. The van der Waals surface area contributed by atoms with E-state index >= 15 is 0 Å². The van der Waals surface area contributed by atoms with E-state index in [1.807, 2.05) is 6.92 Å². The Morgan fingerprint density at radius 1 is 1.26 bits per heavy atom. The van der Waals surface area contributed by atoms with Gasteiger partial charge in [-0.15, -0.1) is 0 Å². The maximum Gasteiger partial charge on any atom is 0.345 e. The van der Waals surface area contributed by atoms with E-state index in [0.29, 0.717) is 11.5 Å². The van der Waals surface area contributed by atoms with E-state index in [-0.39, 0.29) is 17.3 Å². The lowest BCUT2D eigenvalue weighted by Gasteiger charge is -2.29. The third-order valence-electron chi connectivity index (χ3n) is 4.66. The number of hydrogen-bond donors (Lipinski definition) is 2. The van der Waals surface area contributed by atoms with E-state index in [0.717, 1.165) is 25.7 Å². The van der Waals surface area contributed by atoms with Gasteiger partial charge in [0.1, 0.15) is 5.56 Å². The van der Waals surface area contributed by atoms with Crippen LogP contribution < -0.4 is 10.6 Å². The third-order valence-corrected chi connectivity index (χ3v) is 4.66. The number of aryl methyl sites for hydroxylation is 1. The molecule has 1 saturated carbocycles. The van der Waals surface area contributed by atoms with Crippen molar-refractivity contribution in [2.24, 2.45) is 5.92 Å². The number of amides is 3. The Balaban J connectivity index is 1.86. The number of nitrogens with zero attached hydrogens (tertiary/aromatic N) is 1. The average Bonchev–Trinajstić information content (AvgIpc) is 2.61. The van der Waals surface area contributed by atoms with Crippen LogP contribution in [0.15, 0.2) is 18.2 Å². The maximum atomic E-state index is 12.1. The van der Waals surface area contributed by atoms with Gasteiger partial charge in [0.25, 0.3) is 11.6 Å². The first kappa shape index (κ1) is 20.3. The summed E-state index contributed by atoms with van der Waals surface area (Å²) in [6, 6.07) is 3.60. The minimum absolute atomic E-state index is 0.00374. The number of imide groups is 1. The summed E-state index contributed by atoms with van der Waals surface area (Å²) >= 11 is 0. The Bertz CT molecular complexity index is 749. The predicted octanol–water partition coefficient (Wildman–Crippen LogP) is 2.46. The lowest BCUT2D eigenvalue weighted by Crippen LogP contribution is -2.48. The van der Waals surface area contributed by atoms with Gasteiger partial charge in [-0.05, 0) is 31.7 Å². The van der Waals surface area contributed by atoms with Crippen LogP contribution in [0.2, 0.25) is 0 Å². The van der Waals surface area contributed by atoms with Crippen molar-refractivity contribution in [3.05, 3.63) is 39.4 Å². The van der Waals surface area contributed by atoms with Crippen LogP contribution in [0, 0.1) is 23.0 Å². The van der Waals surface area contributed by atoms with E-state index in [9.17, 15) is 24.5 Å². The Labute approximate surface area is 156 Å². The Kier molecular flexibility index (Phi) is 6.86. The summed E-state index contributed by atoms with van der Waals surface area (Å²) < 4.78 is 4.81. The molecule has 0 aliphatic heterocycles. The zero-order valence-electron chi connectivity index (χ0n) is 15.3. The highest BCUT2D eigenvalue weighted by Gasteiger charge is 2.25. The fraction of sp³-hybridized carbons (Fsp3) is 0.500. The molecule has 0 aromatic heterocycles. The molecular formula is C18H23N3O6. The summed E-state index contributed by atoms with van der Waals surface area (Å²) in [6.07, 6.45) is 4.03. The molecule has 0 saturated heterocycles. The first-order chi connectivity index (χ1) is 12.8. The number of nitrogens with one attached hydrogen (secondary N) is 2. The van der Waals surface area contributed by atoms with Gasteiger partial charge >= 0.3 is 12.0 Å². The number of hydrogen-bond acceptors (Lipinski definition) is 6. The molecule has 9 heteroatoms. The molecule has 1 aromatic carbocycles. The molecule has 0 heterocycles. The second-order valence-corrected chi connectivity index (χ2v) is 6.69. The van der Waals surface area contributed by atoms with E-state index < -0.39 is 29.4 Å². The zero-order chi connectivity index (χ0) is 20.0. The predicted molar refractivity (Wildman–Crippen MR) is 96.2 cm³/mol. The summed E-state index contributed by atoms with van der Waals surface area (Å²) in [5.74, 6) is -1.47. The molecule has 2 N–H and O–H groups in total. The Morgan fingerprint density at radius 3 is 2.63 bits per heavy atom. The molecular weight excluding hydrogens is 354 g/mol. The van der Waals surface area contributed by atoms with Crippen LogP contribution >= 0.6 is 0 Å². The molecule has 2 rings (SSSR count). The van der Waals surface area contributed by atoms with Crippen molar-refractivity contribution in [2.75, 3.05) is 6.61 Å². The number of para-hydroxylation sites is 1. The number of carbonyl (C=O) groups excluding carboxylic acids is 3. The highest BCUT2D eigenvalue weighted by molar-refractivity contribution is 5.98. The van der Waals surface area contributed by atoms with Gasteiger partial charge in [0, 0.05) is 11.6 Å². The minimum atomic E-state index is -0.998. The number of rotatable bonds is 5. The van der Waals surface area contributed by atoms with Crippen molar-refractivity contribution in [1.29, 1.82) is 0 Å². The molecule has 0 unspecified atom stereocenters. The molecule has 3 amide bonds. The fourth-order valence-electron chi connectivity index (χ4n) is 3.17. The molecule has 1 aromatic rings. The van der Waals surface area contributed by atoms with Crippen LogP contribution in [-0.4, -0.2) is 35.5 Å². The molecule has 0 spiro atoms. The number of ether oxygens (including phenoxy) is 1. The van der Waals surface area contributed by atoms with Crippen LogP contribution in [0.3, 0.4) is 0 Å². The molecule has 0 radical (unpaired) electrons. The largest absolute Gasteiger partial charge is 0.452 e. The van der Waals surface area contributed by atoms with E-state index in [2.05, 4.69) is 10.6 Å². The van der Waals surface area contributed by atoms with E-state index in [1.165, 1.54) is 25.1 Å². The molecule has 9 nitrogen and oxygen atoms in total. The molecule has 1 aliphatic carbocycles. The lowest BCUT2D eigenvalue weighted by atomic mass is 9.86. The number of carbonyl (C=O) groups is 3. The smallest absolute Gasteiger partial charge is 0.345 e. The van der Waals surface area contributed by atoms with Crippen molar-refractivity contribution in [3.8, 4) is 0 Å². The highest BCUT2D eigenvalue weighted by Crippen LogP contribution is 2.24.